The zero-order chi connectivity index (χ0) is 21.4. The van der Waals surface area contributed by atoms with Crippen LogP contribution in [0, 0.1) is 11.0 Å². The van der Waals surface area contributed by atoms with Gasteiger partial charge in [-0.15, -0.1) is 0 Å². The van der Waals surface area contributed by atoms with Gasteiger partial charge in [0.15, 0.2) is 5.69 Å². The molecule has 10 heteroatoms. The Balaban J connectivity index is 1.45. The molecule has 2 aromatic heterocycles. The minimum Gasteiger partial charge on any atom is -0.595 e. The van der Waals surface area contributed by atoms with Crippen LogP contribution in [0.5, 0.6) is 0 Å². The van der Waals surface area contributed by atoms with Crippen molar-refractivity contribution in [1.82, 2.24) is 25.0 Å². The lowest BCUT2D eigenvalue weighted by Crippen LogP contribution is -2.99. The van der Waals surface area contributed by atoms with Gasteiger partial charge < -0.3 is 14.7 Å². The number of aromatic amines is 1. The van der Waals surface area contributed by atoms with Gasteiger partial charge in [-0.2, -0.15) is 10.2 Å². The van der Waals surface area contributed by atoms with E-state index in [0.29, 0.717) is 36.8 Å². The average Bonchev–Trinajstić information content (AvgIpc) is 3.44. The molecule has 3 heterocycles. The largest absolute Gasteiger partial charge is 0.595 e. The molecule has 0 radical (unpaired) electrons. The van der Waals surface area contributed by atoms with E-state index < -0.39 is 5.23 Å². The number of nitrogens with one attached hydrogen (secondary N) is 2. The molecule has 31 heavy (non-hydrogen) atoms. The Kier molecular flexibility index (Phi) is 5.04. The van der Waals surface area contributed by atoms with Crippen molar-refractivity contribution in [3.05, 3.63) is 88.7 Å². The van der Waals surface area contributed by atoms with E-state index in [0.717, 1.165) is 17.0 Å². The smallest absolute Gasteiger partial charge is 0.244 e. The van der Waals surface area contributed by atoms with Gasteiger partial charge in [-0.3, -0.25) is 4.90 Å². The number of fused-ring (bicyclic) bond motifs is 1. The van der Waals surface area contributed by atoms with Crippen molar-refractivity contribution < 1.29 is 19.3 Å². The van der Waals surface area contributed by atoms with Crippen molar-refractivity contribution in [2.45, 2.75) is 25.6 Å². The van der Waals surface area contributed by atoms with Crippen LogP contribution in [-0.2, 0) is 19.5 Å². The van der Waals surface area contributed by atoms with Crippen LogP contribution in [0.25, 0.3) is 11.4 Å². The predicted octanol–water partition coefficient (Wildman–Crippen LogP) is 2.30. The number of halogens is 1. The third-order valence-electron chi connectivity index (χ3n) is 5.39. The number of H-pyrrole nitrogens is 1. The summed E-state index contributed by atoms with van der Waals surface area (Å²) in [7, 11) is 0. The van der Waals surface area contributed by atoms with Crippen molar-refractivity contribution in [2.75, 3.05) is 0 Å². The summed E-state index contributed by atoms with van der Waals surface area (Å²) in [4.78, 5) is 14.3. The lowest BCUT2D eigenvalue weighted by atomic mass is 10.0. The van der Waals surface area contributed by atoms with Gasteiger partial charge in [0.2, 0.25) is 11.7 Å². The Hall–Kier alpha value is -3.44. The summed E-state index contributed by atoms with van der Waals surface area (Å²) in [6, 6.07) is 12.6. The Bertz CT molecular complexity index is 1190. The van der Waals surface area contributed by atoms with Crippen molar-refractivity contribution in [3.8, 4) is 11.4 Å². The molecular formula is C21H19FN6O3. The predicted molar refractivity (Wildman–Crippen MR) is 106 cm³/mol. The zero-order valence-electron chi connectivity index (χ0n) is 16.3. The lowest BCUT2D eigenvalue weighted by molar-refractivity contribution is -0.991. The van der Waals surface area contributed by atoms with Gasteiger partial charge in [0.1, 0.15) is 5.82 Å². The van der Waals surface area contributed by atoms with Crippen LogP contribution in [0.15, 0.2) is 59.4 Å². The topological polar surface area (TPSA) is 119 Å². The maximum absolute atomic E-state index is 13.3. The molecule has 3 N–H and O–H groups in total. The second-order valence-corrected chi connectivity index (χ2v) is 7.42. The molecule has 0 bridgehead atoms. The highest BCUT2D eigenvalue weighted by molar-refractivity contribution is 5.58. The molecule has 0 fully saturated rings. The normalized spacial score (nSPS) is 17.5. The molecule has 9 nitrogen and oxygen atoms in total. The molecule has 1 aliphatic rings. The van der Waals surface area contributed by atoms with E-state index in [9.17, 15) is 14.8 Å². The van der Waals surface area contributed by atoms with Gasteiger partial charge in [0.05, 0.1) is 23.8 Å². The Morgan fingerprint density at radius 2 is 2.10 bits per heavy atom. The maximum Gasteiger partial charge on any atom is 0.244 e. The van der Waals surface area contributed by atoms with Crippen LogP contribution in [0.1, 0.15) is 28.9 Å². The lowest BCUT2D eigenvalue weighted by Gasteiger charge is -2.32. The summed E-state index contributed by atoms with van der Waals surface area (Å²) < 4.78 is 18.9. The third kappa shape index (κ3) is 3.97. The standard InChI is InChI=1S/C21H19FN6O3/c22-15-6-4-13(5-7-15)10-27-11-18-17(23-12-24-18)9-19(27)21-25-20(26-31-21)14-2-1-3-16(8-14)28(29)30/h1-8,12,19,28-29H,9-11H2,(H,23,24)/t19-/m0/s1. The second-order valence-electron chi connectivity index (χ2n) is 7.42. The fraction of sp³-hybridized carbons (Fsp3) is 0.190. The molecule has 158 valence electrons. The van der Waals surface area contributed by atoms with Crippen molar-refractivity contribution in [2.24, 2.45) is 0 Å². The Labute approximate surface area is 176 Å². The summed E-state index contributed by atoms with van der Waals surface area (Å²) in [5.41, 5.74) is 3.64. The van der Waals surface area contributed by atoms with Crippen molar-refractivity contribution in [3.63, 3.8) is 0 Å². The van der Waals surface area contributed by atoms with E-state index in [1.807, 2.05) is 0 Å². The highest BCUT2D eigenvalue weighted by Crippen LogP contribution is 2.33. The number of hydrogen-bond donors (Lipinski definition) is 3. The molecule has 0 aliphatic carbocycles. The van der Waals surface area contributed by atoms with Gasteiger partial charge in [-0.25, -0.2) is 14.6 Å². The van der Waals surface area contributed by atoms with E-state index in [-0.39, 0.29) is 17.5 Å². The molecular weight excluding hydrogens is 403 g/mol. The van der Waals surface area contributed by atoms with Crippen LogP contribution < -0.4 is 5.23 Å². The molecule has 0 amide bonds. The minimum atomic E-state index is -1.02. The summed E-state index contributed by atoms with van der Waals surface area (Å²) in [6.07, 6.45) is 2.25. The molecule has 4 aromatic rings. The number of quaternary nitrogens is 1. The summed E-state index contributed by atoms with van der Waals surface area (Å²) >= 11 is 0. The van der Waals surface area contributed by atoms with Crippen LogP contribution in [0.2, 0.25) is 0 Å². The zero-order valence-corrected chi connectivity index (χ0v) is 16.3. The summed E-state index contributed by atoms with van der Waals surface area (Å²) in [6.45, 7) is 1.17. The number of benzene rings is 2. The minimum absolute atomic E-state index is 0.153. The molecule has 1 unspecified atom stereocenters. The highest BCUT2D eigenvalue weighted by Gasteiger charge is 2.33. The van der Waals surface area contributed by atoms with Crippen LogP contribution in [0.4, 0.5) is 10.1 Å². The number of nitrogens with zero attached hydrogens (tertiary/aromatic N) is 4. The first-order valence-corrected chi connectivity index (χ1v) is 9.74. The van der Waals surface area contributed by atoms with E-state index in [1.54, 1.807) is 30.6 Å². The van der Waals surface area contributed by atoms with Crippen molar-refractivity contribution in [1.29, 1.82) is 0 Å². The SMILES string of the molecule is [O-][NH+](O)c1cccc(-c2noc([C@@H]3Cc4nc[nH]c4CN3Cc3ccc(F)cc3)n2)c1. The maximum atomic E-state index is 13.3. The first-order chi connectivity index (χ1) is 15.1. The molecule has 0 saturated heterocycles. The van der Waals surface area contributed by atoms with Gasteiger partial charge in [-0.1, -0.05) is 29.4 Å². The van der Waals surface area contributed by atoms with Crippen LogP contribution in [-0.4, -0.2) is 30.2 Å². The first-order valence-electron chi connectivity index (χ1n) is 9.74. The monoisotopic (exact) mass is 422 g/mol. The van der Waals surface area contributed by atoms with E-state index in [4.69, 9.17) is 4.52 Å². The van der Waals surface area contributed by atoms with Gasteiger partial charge >= 0.3 is 0 Å². The highest BCUT2D eigenvalue weighted by atomic mass is 19.1. The van der Waals surface area contributed by atoms with E-state index >= 15 is 0 Å². The van der Waals surface area contributed by atoms with E-state index in [1.165, 1.54) is 24.3 Å². The fourth-order valence-corrected chi connectivity index (χ4v) is 3.80. The summed E-state index contributed by atoms with van der Waals surface area (Å²) in [5.74, 6) is 0.471. The number of hydrogen-bond acceptors (Lipinski definition) is 7. The Morgan fingerprint density at radius 1 is 1.26 bits per heavy atom. The molecule has 1 aliphatic heterocycles. The van der Waals surface area contributed by atoms with Crippen molar-refractivity contribution >= 4 is 5.69 Å². The average molecular weight is 422 g/mol. The van der Waals surface area contributed by atoms with Gasteiger partial charge in [0.25, 0.3) is 0 Å². The van der Waals surface area contributed by atoms with E-state index in [2.05, 4.69) is 25.0 Å². The number of rotatable bonds is 5. The molecule has 0 spiro atoms. The molecule has 0 saturated carbocycles. The first kappa shape index (κ1) is 19.5. The van der Waals surface area contributed by atoms with Gasteiger partial charge in [-0.05, 0) is 17.7 Å². The second kappa shape index (κ2) is 8.00. The summed E-state index contributed by atoms with van der Waals surface area (Å²) in [5, 5.41) is 23.5. The quantitative estimate of drug-likeness (QED) is 0.422. The third-order valence-corrected chi connectivity index (χ3v) is 5.39. The van der Waals surface area contributed by atoms with Crippen LogP contribution in [0.3, 0.4) is 0 Å². The fourth-order valence-electron chi connectivity index (χ4n) is 3.80. The van der Waals surface area contributed by atoms with Crippen LogP contribution >= 0.6 is 0 Å². The Morgan fingerprint density at radius 3 is 2.90 bits per heavy atom. The number of imidazole rings is 1. The number of aromatic nitrogens is 4. The molecule has 2 atom stereocenters. The molecule has 5 rings (SSSR count). The molecule has 2 aromatic carbocycles. The van der Waals surface area contributed by atoms with Gasteiger partial charge in [0, 0.05) is 37.2 Å².